The average molecular weight is 267 g/mol. The second-order valence-corrected chi connectivity index (χ2v) is 4.35. The molecule has 0 aliphatic rings. The van der Waals surface area contributed by atoms with Gasteiger partial charge in [-0.3, -0.25) is 15.0 Å². The van der Waals surface area contributed by atoms with E-state index in [4.69, 9.17) is 0 Å². The monoisotopic (exact) mass is 267 g/mol. The van der Waals surface area contributed by atoms with E-state index in [1.807, 2.05) is 24.3 Å². The van der Waals surface area contributed by atoms with E-state index in [-0.39, 0.29) is 5.56 Å². The largest absolute Gasteiger partial charge is 0.381 e. The van der Waals surface area contributed by atoms with Crippen LogP contribution in [0, 0.1) is 0 Å². The van der Waals surface area contributed by atoms with E-state index in [1.54, 1.807) is 12.4 Å². The summed E-state index contributed by atoms with van der Waals surface area (Å²) in [6, 6.07) is 9.35. The van der Waals surface area contributed by atoms with Crippen LogP contribution in [0.15, 0.2) is 53.8 Å². The molecule has 1 aromatic carbocycles. The number of nitrogens with zero attached hydrogens (tertiary/aromatic N) is 2. The molecule has 0 unspecified atom stereocenters. The van der Waals surface area contributed by atoms with Crippen LogP contribution in [0.5, 0.6) is 0 Å². The minimum atomic E-state index is -0.133. The maximum atomic E-state index is 11.1. The second kappa shape index (κ2) is 5.40. The zero-order chi connectivity index (χ0) is 13.8. The van der Waals surface area contributed by atoms with Crippen LogP contribution >= 0.6 is 0 Å². The topological polar surface area (TPSA) is 86.5 Å². The fourth-order valence-corrected chi connectivity index (χ4v) is 1.88. The van der Waals surface area contributed by atoms with Gasteiger partial charge >= 0.3 is 0 Å². The van der Waals surface area contributed by atoms with Gasteiger partial charge in [0.15, 0.2) is 0 Å². The highest BCUT2D eigenvalue weighted by atomic mass is 16.1. The van der Waals surface area contributed by atoms with Gasteiger partial charge in [0.1, 0.15) is 6.33 Å². The van der Waals surface area contributed by atoms with Crippen LogP contribution in [0.2, 0.25) is 0 Å². The lowest BCUT2D eigenvalue weighted by molar-refractivity contribution is 1.05. The molecule has 0 saturated carbocycles. The maximum absolute atomic E-state index is 11.1. The van der Waals surface area contributed by atoms with Gasteiger partial charge in [-0.2, -0.15) is 0 Å². The average Bonchev–Trinajstić information content (AvgIpc) is 2.93. The summed E-state index contributed by atoms with van der Waals surface area (Å²) in [5.41, 5.74) is 3.61. The number of hydrogen-bond acceptors (Lipinski definition) is 4. The van der Waals surface area contributed by atoms with E-state index < -0.39 is 0 Å². The fourth-order valence-electron chi connectivity index (χ4n) is 1.88. The zero-order valence-electron chi connectivity index (χ0n) is 10.6. The van der Waals surface area contributed by atoms with Crippen LogP contribution in [0.4, 0.5) is 5.69 Å². The summed E-state index contributed by atoms with van der Waals surface area (Å²) in [4.78, 5) is 19.0. The third-order valence-corrected chi connectivity index (χ3v) is 2.90. The maximum Gasteiger partial charge on any atom is 0.264 e. The van der Waals surface area contributed by atoms with E-state index in [2.05, 4.69) is 25.5 Å². The molecule has 2 aromatic heterocycles. The summed E-state index contributed by atoms with van der Waals surface area (Å²) >= 11 is 0. The predicted octanol–water partition coefficient (Wildman–Crippen LogP) is 1.77. The third-order valence-electron chi connectivity index (χ3n) is 2.90. The van der Waals surface area contributed by atoms with E-state index in [1.165, 1.54) is 12.4 Å². The van der Waals surface area contributed by atoms with Gasteiger partial charge in [0.2, 0.25) is 0 Å². The molecular weight excluding hydrogens is 254 g/mol. The van der Waals surface area contributed by atoms with Gasteiger partial charge in [-0.15, -0.1) is 0 Å². The van der Waals surface area contributed by atoms with E-state index in [9.17, 15) is 4.79 Å². The van der Waals surface area contributed by atoms with Crippen LogP contribution in [-0.2, 0) is 6.54 Å². The van der Waals surface area contributed by atoms with Crippen LogP contribution < -0.4 is 10.9 Å². The van der Waals surface area contributed by atoms with Crippen molar-refractivity contribution < 1.29 is 0 Å². The van der Waals surface area contributed by atoms with Crippen molar-refractivity contribution in [1.29, 1.82) is 0 Å². The molecular formula is C14H13N5O. The fraction of sp³-hybridized carbons (Fsp3) is 0.0714. The summed E-state index contributed by atoms with van der Waals surface area (Å²) in [5, 5.41) is 8.63. The number of benzene rings is 1. The molecule has 0 aliphatic heterocycles. The van der Waals surface area contributed by atoms with E-state index >= 15 is 0 Å². The normalized spacial score (nSPS) is 10.4. The van der Waals surface area contributed by atoms with Crippen molar-refractivity contribution in [3.63, 3.8) is 0 Å². The Kier molecular flexibility index (Phi) is 3.28. The highest BCUT2D eigenvalue weighted by Gasteiger charge is 2.00. The number of H-pyrrole nitrogens is 2. The zero-order valence-corrected chi connectivity index (χ0v) is 10.6. The number of aromatic nitrogens is 4. The highest BCUT2D eigenvalue weighted by molar-refractivity contribution is 5.62. The Labute approximate surface area is 114 Å². The van der Waals surface area contributed by atoms with Gasteiger partial charge in [0.05, 0.1) is 5.69 Å². The van der Waals surface area contributed by atoms with Gasteiger partial charge in [-0.1, -0.05) is 12.1 Å². The molecule has 100 valence electrons. The Morgan fingerprint density at radius 3 is 2.45 bits per heavy atom. The first-order chi connectivity index (χ1) is 9.81. The molecule has 0 fully saturated rings. The van der Waals surface area contributed by atoms with Crippen LogP contribution in [0.1, 0.15) is 5.56 Å². The number of hydrogen-bond donors (Lipinski definition) is 3. The number of anilines is 1. The van der Waals surface area contributed by atoms with Gasteiger partial charge in [-0.25, -0.2) is 9.97 Å². The van der Waals surface area contributed by atoms with Crippen molar-refractivity contribution in [3.8, 4) is 11.3 Å². The van der Waals surface area contributed by atoms with Crippen LogP contribution in [0.3, 0.4) is 0 Å². The van der Waals surface area contributed by atoms with Crippen molar-refractivity contribution in [2.45, 2.75) is 6.54 Å². The lowest BCUT2D eigenvalue weighted by Gasteiger charge is -2.06. The van der Waals surface area contributed by atoms with Gasteiger partial charge in [0, 0.05) is 36.3 Å². The SMILES string of the molecule is O=c1cc(-c2ccc(NCc3cncnc3)cc2)[nH][nH]1. The first kappa shape index (κ1) is 12.2. The van der Waals surface area contributed by atoms with Crippen molar-refractivity contribution in [3.05, 3.63) is 65.0 Å². The molecule has 0 bridgehead atoms. The summed E-state index contributed by atoms with van der Waals surface area (Å²) in [5.74, 6) is 0. The van der Waals surface area contributed by atoms with Crippen LogP contribution in [0.25, 0.3) is 11.3 Å². The summed E-state index contributed by atoms with van der Waals surface area (Å²) in [7, 11) is 0. The molecule has 3 N–H and O–H groups in total. The molecule has 0 aliphatic carbocycles. The lowest BCUT2D eigenvalue weighted by atomic mass is 10.1. The molecule has 3 aromatic rings. The van der Waals surface area contributed by atoms with Gasteiger partial charge in [0.25, 0.3) is 5.56 Å². The number of rotatable bonds is 4. The first-order valence-corrected chi connectivity index (χ1v) is 6.17. The molecule has 3 rings (SSSR count). The Morgan fingerprint density at radius 2 is 1.80 bits per heavy atom. The molecule has 0 amide bonds. The molecule has 6 heteroatoms. The predicted molar refractivity (Wildman–Crippen MR) is 76.2 cm³/mol. The molecule has 2 heterocycles. The molecule has 6 nitrogen and oxygen atoms in total. The molecule has 0 radical (unpaired) electrons. The Hall–Kier alpha value is -2.89. The minimum Gasteiger partial charge on any atom is -0.381 e. The number of aromatic amines is 2. The van der Waals surface area contributed by atoms with Crippen molar-refractivity contribution >= 4 is 5.69 Å². The first-order valence-electron chi connectivity index (χ1n) is 6.17. The molecule has 0 spiro atoms. The summed E-state index contributed by atoms with van der Waals surface area (Å²) in [6.07, 6.45) is 5.06. The van der Waals surface area contributed by atoms with Gasteiger partial charge < -0.3 is 5.32 Å². The Balaban J connectivity index is 1.69. The molecule has 20 heavy (non-hydrogen) atoms. The summed E-state index contributed by atoms with van der Waals surface area (Å²) < 4.78 is 0. The molecule has 0 atom stereocenters. The Bertz CT molecular complexity index is 730. The lowest BCUT2D eigenvalue weighted by Crippen LogP contribution is -2.00. The molecule has 0 saturated heterocycles. The standard InChI is InChI=1S/C14H13N5O/c20-14-5-13(18-19-14)11-1-3-12(4-2-11)17-8-10-6-15-9-16-7-10/h1-7,9,17H,8H2,(H2,18,19,20). The third kappa shape index (κ3) is 2.74. The quantitative estimate of drug-likeness (QED) is 0.672. The minimum absolute atomic E-state index is 0.133. The second-order valence-electron chi connectivity index (χ2n) is 4.35. The van der Waals surface area contributed by atoms with Crippen molar-refractivity contribution in [2.24, 2.45) is 0 Å². The van der Waals surface area contributed by atoms with Crippen LogP contribution in [-0.4, -0.2) is 20.2 Å². The van der Waals surface area contributed by atoms with Crippen molar-refractivity contribution in [2.75, 3.05) is 5.32 Å². The van der Waals surface area contributed by atoms with E-state index in [0.29, 0.717) is 6.54 Å². The summed E-state index contributed by atoms with van der Waals surface area (Å²) in [6.45, 7) is 0.668. The van der Waals surface area contributed by atoms with Gasteiger partial charge in [-0.05, 0) is 17.7 Å². The smallest absolute Gasteiger partial charge is 0.264 e. The highest BCUT2D eigenvalue weighted by Crippen LogP contribution is 2.18. The Morgan fingerprint density at radius 1 is 1.05 bits per heavy atom. The van der Waals surface area contributed by atoms with E-state index in [0.717, 1.165) is 22.5 Å². The van der Waals surface area contributed by atoms with Crippen molar-refractivity contribution in [1.82, 2.24) is 20.2 Å². The number of nitrogens with one attached hydrogen (secondary N) is 3.